The lowest BCUT2D eigenvalue weighted by molar-refractivity contribution is -0.135. The van der Waals surface area contributed by atoms with Crippen molar-refractivity contribution in [1.29, 1.82) is 0 Å². The van der Waals surface area contributed by atoms with Gasteiger partial charge >= 0.3 is 0 Å². The molecule has 0 spiro atoms. The highest BCUT2D eigenvalue weighted by molar-refractivity contribution is 7.99. The quantitative estimate of drug-likeness (QED) is 0.823. The summed E-state index contributed by atoms with van der Waals surface area (Å²) in [6.07, 6.45) is 0.414. The smallest absolute Gasteiger partial charge is 0.248 e. The van der Waals surface area contributed by atoms with Crippen molar-refractivity contribution in [3.63, 3.8) is 0 Å². The normalized spacial score (nSPS) is 18.4. The molecule has 0 aliphatic carbocycles. The van der Waals surface area contributed by atoms with Crippen molar-refractivity contribution in [2.24, 2.45) is 0 Å². The number of amides is 2. The van der Waals surface area contributed by atoms with Crippen molar-refractivity contribution in [1.82, 2.24) is 4.90 Å². The number of thioether (sulfide) groups is 1. The number of para-hydroxylation sites is 2. The molecule has 2 amide bonds. The zero-order chi connectivity index (χ0) is 13.8. The number of nitrogens with two attached hydrogens (primary N) is 1. The van der Waals surface area contributed by atoms with E-state index in [-0.39, 0.29) is 11.8 Å². The summed E-state index contributed by atoms with van der Waals surface area (Å²) in [5.74, 6) is 1.04. The summed E-state index contributed by atoms with van der Waals surface area (Å²) >= 11 is 1.59. The monoisotopic (exact) mass is 279 g/mol. The molecule has 6 heteroatoms. The van der Waals surface area contributed by atoms with Gasteiger partial charge in [-0.3, -0.25) is 9.59 Å². The Bertz CT molecular complexity index is 493. The first-order valence-corrected chi connectivity index (χ1v) is 7.31. The molecule has 0 aromatic heterocycles. The molecule has 1 fully saturated rings. The molecule has 1 aromatic rings. The van der Waals surface area contributed by atoms with Crippen LogP contribution in [0, 0.1) is 0 Å². The van der Waals surface area contributed by atoms with Crippen LogP contribution in [-0.2, 0) is 9.59 Å². The highest BCUT2D eigenvalue weighted by atomic mass is 32.2. The van der Waals surface area contributed by atoms with Gasteiger partial charge in [0.25, 0.3) is 0 Å². The van der Waals surface area contributed by atoms with Crippen LogP contribution < -0.4 is 11.1 Å². The van der Waals surface area contributed by atoms with Gasteiger partial charge in [0.1, 0.15) is 6.04 Å². The molecule has 0 bridgehead atoms. The van der Waals surface area contributed by atoms with Gasteiger partial charge in [-0.25, -0.2) is 0 Å². The van der Waals surface area contributed by atoms with Crippen molar-refractivity contribution in [2.75, 3.05) is 22.7 Å². The molecule has 1 atom stereocenters. The summed E-state index contributed by atoms with van der Waals surface area (Å²) in [7, 11) is 0. The number of carbonyl (C=O) groups excluding carboxylic acids is 2. The Balaban J connectivity index is 2.07. The fourth-order valence-electron chi connectivity index (χ4n) is 1.94. The van der Waals surface area contributed by atoms with Crippen LogP contribution in [0.3, 0.4) is 0 Å². The minimum absolute atomic E-state index is 0.00573. The van der Waals surface area contributed by atoms with Crippen molar-refractivity contribution in [3.8, 4) is 0 Å². The predicted octanol–water partition coefficient (Wildman–Crippen LogP) is 1.52. The van der Waals surface area contributed by atoms with E-state index < -0.39 is 6.04 Å². The van der Waals surface area contributed by atoms with Crippen LogP contribution in [0.5, 0.6) is 0 Å². The number of hydrogen-bond acceptors (Lipinski definition) is 4. The second-order valence-electron chi connectivity index (χ2n) is 4.31. The Kier molecular flexibility index (Phi) is 4.31. The molecular formula is C13H17N3O2S. The maximum absolute atomic E-state index is 12.2. The first-order chi connectivity index (χ1) is 9.13. The average molecular weight is 279 g/mol. The molecule has 1 aromatic carbocycles. The van der Waals surface area contributed by atoms with Gasteiger partial charge in [0.15, 0.2) is 0 Å². The maximum atomic E-state index is 12.2. The number of hydrogen-bond donors (Lipinski definition) is 2. The molecule has 3 N–H and O–H groups in total. The van der Waals surface area contributed by atoms with Gasteiger partial charge < -0.3 is 16.0 Å². The molecular weight excluding hydrogens is 262 g/mol. The van der Waals surface area contributed by atoms with Gasteiger partial charge in [-0.2, -0.15) is 0 Å². The molecule has 2 rings (SSSR count). The fraction of sp³-hybridized carbons (Fsp3) is 0.385. The predicted molar refractivity (Wildman–Crippen MR) is 77.7 cm³/mol. The lowest BCUT2D eigenvalue weighted by Gasteiger charge is -2.22. The molecule has 1 aliphatic heterocycles. The zero-order valence-corrected chi connectivity index (χ0v) is 11.6. The molecule has 5 nitrogen and oxygen atoms in total. The van der Waals surface area contributed by atoms with Gasteiger partial charge in [-0.1, -0.05) is 19.1 Å². The van der Waals surface area contributed by atoms with Crippen molar-refractivity contribution < 1.29 is 9.59 Å². The van der Waals surface area contributed by atoms with Crippen LogP contribution >= 0.6 is 11.8 Å². The Labute approximate surface area is 116 Å². The van der Waals surface area contributed by atoms with Gasteiger partial charge in [-0.15, -0.1) is 11.8 Å². The molecule has 1 saturated heterocycles. The van der Waals surface area contributed by atoms with E-state index in [2.05, 4.69) is 5.32 Å². The molecule has 102 valence electrons. The number of rotatable bonds is 3. The van der Waals surface area contributed by atoms with Crippen LogP contribution in [0.4, 0.5) is 11.4 Å². The first kappa shape index (κ1) is 13.7. The minimum atomic E-state index is -0.406. The molecule has 1 aliphatic rings. The van der Waals surface area contributed by atoms with Crippen molar-refractivity contribution >= 4 is 35.0 Å². The number of nitrogens with one attached hydrogen (secondary N) is 1. The second kappa shape index (κ2) is 5.97. The number of nitrogens with zero attached hydrogens (tertiary/aromatic N) is 1. The van der Waals surface area contributed by atoms with Gasteiger partial charge in [0.05, 0.1) is 17.3 Å². The third-order valence-electron chi connectivity index (χ3n) is 3.03. The Morgan fingerprint density at radius 3 is 2.89 bits per heavy atom. The minimum Gasteiger partial charge on any atom is -0.397 e. The number of carbonyl (C=O) groups is 2. The largest absolute Gasteiger partial charge is 0.397 e. The van der Waals surface area contributed by atoms with Gasteiger partial charge in [-0.05, 0) is 12.1 Å². The molecule has 1 heterocycles. The average Bonchev–Trinajstić information content (AvgIpc) is 2.90. The topological polar surface area (TPSA) is 75.4 Å². The standard InChI is InChI=1S/C13H17N3O2S/c1-2-12(17)16-8-19-7-11(16)13(18)15-10-6-4-3-5-9(10)14/h3-6,11H,2,7-8,14H2,1H3,(H,15,18). The zero-order valence-electron chi connectivity index (χ0n) is 10.8. The van der Waals surface area contributed by atoms with E-state index in [1.807, 2.05) is 12.1 Å². The van der Waals surface area contributed by atoms with E-state index in [0.29, 0.717) is 29.4 Å². The summed E-state index contributed by atoms with van der Waals surface area (Å²) in [5.41, 5.74) is 6.90. The Morgan fingerprint density at radius 1 is 1.47 bits per heavy atom. The summed E-state index contributed by atoms with van der Waals surface area (Å²) in [6.45, 7) is 1.80. The molecule has 0 saturated carbocycles. The van der Waals surface area contributed by atoms with Crippen molar-refractivity contribution in [3.05, 3.63) is 24.3 Å². The summed E-state index contributed by atoms with van der Waals surface area (Å²) in [6, 6.07) is 6.69. The van der Waals surface area contributed by atoms with Crippen molar-refractivity contribution in [2.45, 2.75) is 19.4 Å². The number of nitrogen functional groups attached to an aromatic ring is 1. The van der Waals surface area contributed by atoms with Crippen LogP contribution in [0.1, 0.15) is 13.3 Å². The highest BCUT2D eigenvalue weighted by Gasteiger charge is 2.33. The maximum Gasteiger partial charge on any atom is 0.248 e. The third kappa shape index (κ3) is 3.01. The fourth-order valence-corrected chi connectivity index (χ4v) is 3.12. The first-order valence-electron chi connectivity index (χ1n) is 6.16. The van der Waals surface area contributed by atoms with E-state index >= 15 is 0 Å². The lowest BCUT2D eigenvalue weighted by atomic mass is 10.2. The third-order valence-corrected chi connectivity index (χ3v) is 4.04. The van der Waals surface area contributed by atoms with Gasteiger partial charge in [0.2, 0.25) is 11.8 Å². The van der Waals surface area contributed by atoms with Crippen LogP contribution in [-0.4, -0.2) is 34.4 Å². The van der Waals surface area contributed by atoms with Crippen LogP contribution in [0.15, 0.2) is 24.3 Å². The Hall–Kier alpha value is -1.69. The Morgan fingerprint density at radius 2 is 2.21 bits per heavy atom. The SMILES string of the molecule is CCC(=O)N1CSCC1C(=O)Nc1ccccc1N. The van der Waals surface area contributed by atoms with Crippen LogP contribution in [0.2, 0.25) is 0 Å². The van der Waals surface area contributed by atoms with Gasteiger partial charge in [0, 0.05) is 12.2 Å². The lowest BCUT2D eigenvalue weighted by Crippen LogP contribution is -2.44. The summed E-state index contributed by atoms with van der Waals surface area (Å²) in [5, 5.41) is 2.79. The van der Waals surface area contributed by atoms with E-state index in [0.717, 1.165) is 0 Å². The second-order valence-corrected chi connectivity index (χ2v) is 5.31. The molecule has 0 radical (unpaired) electrons. The number of anilines is 2. The van der Waals surface area contributed by atoms with E-state index in [1.165, 1.54) is 0 Å². The summed E-state index contributed by atoms with van der Waals surface area (Å²) < 4.78 is 0. The van der Waals surface area contributed by atoms with Crippen LogP contribution in [0.25, 0.3) is 0 Å². The van der Waals surface area contributed by atoms with E-state index in [9.17, 15) is 9.59 Å². The number of benzene rings is 1. The highest BCUT2D eigenvalue weighted by Crippen LogP contribution is 2.24. The van der Waals surface area contributed by atoms with E-state index in [1.54, 1.807) is 35.7 Å². The molecule has 1 unspecified atom stereocenters. The van der Waals surface area contributed by atoms with E-state index in [4.69, 9.17) is 5.73 Å². The molecule has 19 heavy (non-hydrogen) atoms. The summed E-state index contributed by atoms with van der Waals surface area (Å²) in [4.78, 5) is 25.6.